The van der Waals surface area contributed by atoms with Crippen LogP contribution in [-0.2, 0) is 4.43 Å². The van der Waals surface area contributed by atoms with Gasteiger partial charge in [0.25, 0.3) is 0 Å². The lowest BCUT2D eigenvalue weighted by Crippen LogP contribution is -2.25. The minimum atomic E-state index is -1.33. The maximum absolute atomic E-state index is 5.49. The maximum atomic E-state index is 5.49. The summed E-state index contributed by atoms with van der Waals surface area (Å²) in [5, 5.41) is 0. The first-order valence-corrected chi connectivity index (χ1v) is 6.72. The second kappa shape index (κ2) is 4.32. The monoisotopic (exact) mass is 154 g/mol. The average molecular weight is 154 g/mol. The van der Waals surface area contributed by atoms with Gasteiger partial charge in [-0.3, -0.25) is 0 Å². The smallest absolute Gasteiger partial charge is 0.184 e. The molecule has 10 heavy (non-hydrogen) atoms. The Morgan fingerprint density at radius 1 is 1.50 bits per heavy atom. The van der Waals surface area contributed by atoms with Crippen LogP contribution in [0.1, 0.15) is 0 Å². The van der Waals surface area contributed by atoms with E-state index < -0.39 is 8.32 Å². The van der Waals surface area contributed by atoms with Gasteiger partial charge in [0.15, 0.2) is 8.32 Å². The van der Waals surface area contributed by atoms with Gasteiger partial charge >= 0.3 is 0 Å². The minimum absolute atomic E-state index is 0.653. The van der Waals surface area contributed by atoms with Crippen LogP contribution >= 0.6 is 0 Å². The third-order valence-corrected chi connectivity index (χ3v) is 1.86. The first-order chi connectivity index (χ1) is 4.56. The van der Waals surface area contributed by atoms with Gasteiger partial charge in [0.2, 0.25) is 0 Å². The van der Waals surface area contributed by atoms with Gasteiger partial charge in [0.1, 0.15) is 0 Å². The van der Waals surface area contributed by atoms with Gasteiger partial charge in [-0.25, -0.2) is 0 Å². The molecule has 0 aromatic carbocycles. The van der Waals surface area contributed by atoms with Crippen LogP contribution in [0.25, 0.3) is 0 Å². The highest BCUT2D eigenvalue weighted by Crippen LogP contribution is 2.01. The first kappa shape index (κ1) is 9.48. The molecule has 0 aliphatic carbocycles. The summed E-state index contributed by atoms with van der Waals surface area (Å²) < 4.78 is 5.49. The van der Waals surface area contributed by atoms with Gasteiger partial charge in [0.05, 0.1) is 6.61 Å². The van der Waals surface area contributed by atoms with E-state index in [9.17, 15) is 0 Å². The molecule has 0 amide bonds. The van der Waals surface area contributed by atoms with Crippen LogP contribution in [0.15, 0.2) is 12.2 Å². The summed E-state index contributed by atoms with van der Waals surface area (Å²) in [4.78, 5) is 0. The van der Waals surface area contributed by atoms with Gasteiger partial charge in [-0.2, -0.15) is 0 Å². The normalized spacial score (nSPS) is 11.8. The standard InChI is InChI=1S/C8H14OSi/c1-5-6-7-8-9-10(2,3)4/h1,6-7H,8H2,2-4H3. The zero-order chi connectivity index (χ0) is 8.04. The van der Waals surface area contributed by atoms with Gasteiger partial charge < -0.3 is 4.43 Å². The van der Waals surface area contributed by atoms with E-state index in [2.05, 4.69) is 25.6 Å². The predicted octanol–water partition coefficient (Wildman–Crippen LogP) is 2.03. The summed E-state index contributed by atoms with van der Waals surface area (Å²) in [5.74, 6) is 2.41. The molecule has 0 atom stereocenters. The quantitative estimate of drug-likeness (QED) is 0.446. The number of allylic oxidation sites excluding steroid dienone is 1. The lowest BCUT2D eigenvalue weighted by Gasteiger charge is -2.14. The van der Waals surface area contributed by atoms with Crippen molar-refractivity contribution in [3.8, 4) is 12.3 Å². The second-order valence-electron chi connectivity index (χ2n) is 2.99. The van der Waals surface area contributed by atoms with Gasteiger partial charge in [-0.05, 0) is 25.7 Å². The number of hydrogen-bond donors (Lipinski definition) is 0. The largest absolute Gasteiger partial charge is 0.414 e. The molecule has 0 radical (unpaired) electrons. The summed E-state index contributed by atoms with van der Waals surface area (Å²) in [7, 11) is -1.33. The van der Waals surface area contributed by atoms with Gasteiger partial charge in [-0.15, -0.1) is 6.42 Å². The van der Waals surface area contributed by atoms with Crippen LogP contribution in [0.2, 0.25) is 19.6 Å². The summed E-state index contributed by atoms with van der Waals surface area (Å²) in [5.41, 5.74) is 0. The Morgan fingerprint density at radius 3 is 2.50 bits per heavy atom. The average Bonchev–Trinajstić information content (AvgIpc) is 1.78. The third kappa shape index (κ3) is 7.48. The van der Waals surface area contributed by atoms with E-state index in [0.717, 1.165) is 0 Å². The Bertz CT molecular complexity index is 148. The van der Waals surface area contributed by atoms with E-state index >= 15 is 0 Å². The van der Waals surface area contributed by atoms with Crippen molar-refractivity contribution in [1.29, 1.82) is 0 Å². The van der Waals surface area contributed by atoms with Crippen LogP contribution < -0.4 is 0 Å². The summed E-state index contributed by atoms with van der Waals surface area (Å²) in [6.07, 6.45) is 8.52. The Kier molecular flexibility index (Phi) is 4.09. The van der Waals surface area contributed by atoms with Gasteiger partial charge in [-0.1, -0.05) is 12.0 Å². The molecule has 0 spiro atoms. The van der Waals surface area contributed by atoms with Crippen molar-refractivity contribution in [3.63, 3.8) is 0 Å². The molecule has 0 saturated heterocycles. The molecule has 0 aromatic rings. The van der Waals surface area contributed by atoms with Crippen molar-refractivity contribution >= 4 is 8.32 Å². The van der Waals surface area contributed by atoms with E-state index in [0.29, 0.717) is 6.61 Å². The highest BCUT2D eigenvalue weighted by atomic mass is 28.4. The van der Waals surface area contributed by atoms with Crippen molar-refractivity contribution in [1.82, 2.24) is 0 Å². The number of hydrogen-bond acceptors (Lipinski definition) is 1. The fourth-order valence-corrected chi connectivity index (χ4v) is 1.01. The summed E-state index contributed by atoms with van der Waals surface area (Å²) in [6, 6.07) is 0. The molecule has 2 heteroatoms. The zero-order valence-electron chi connectivity index (χ0n) is 6.85. The highest BCUT2D eigenvalue weighted by molar-refractivity contribution is 6.69. The van der Waals surface area contributed by atoms with E-state index in [1.54, 1.807) is 6.08 Å². The lowest BCUT2D eigenvalue weighted by atomic mass is 10.5. The maximum Gasteiger partial charge on any atom is 0.184 e. The molecule has 0 saturated carbocycles. The van der Waals surface area contributed by atoms with Gasteiger partial charge in [0, 0.05) is 0 Å². The minimum Gasteiger partial charge on any atom is -0.414 e. The fraction of sp³-hybridized carbons (Fsp3) is 0.500. The molecular formula is C8H14OSi. The van der Waals surface area contributed by atoms with Crippen molar-refractivity contribution in [2.24, 2.45) is 0 Å². The topological polar surface area (TPSA) is 9.23 Å². The van der Waals surface area contributed by atoms with Crippen molar-refractivity contribution in [3.05, 3.63) is 12.2 Å². The Hall–Kier alpha value is -0.523. The van der Waals surface area contributed by atoms with Crippen molar-refractivity contribution < 1.29 is 4.43 Å². The van der Waals surface area contributed by atoms with E-state index in [4.69, 9.17) is 10.8 Å². The molecule has 0 heterocycles. The Labute approximate surface area is 64.2 Å². The molecule has 0 N–H and O–H groups in total. The predicted molar refractivity (Wildman–Crippen MR) is 47.3 cm³/mol. The van der Waals surface area contributed by atoms with E-state index in [1.807, 2.05) is 6.08 Å². The lowest BCUT2D eigenvalue weighted by molar-refractivity contribution is 0.357. The fourth-order valence-electron chi connectivity index (χ4n) is 0.414. The molecule has 0 rings (SSSR count). The zero-order valence-corrected chi connectivity index (χ0v) is 7.85. The molecule has 0 aromatic heterocycles. The van der Waals surface area contributed by atoms with Crippen LogP contribution in [0, 0.1) is 12.3 Å². The highest BCUT2D eigenvalue weighted by Gasteiger charge is 2.11. The Balaban J connectivity index is 3.40. The van der Waals surface area contributed by atoms with E-state index in [-0.39, 0.29) is 0 Å². The van der Waals surface area contributed by atoms with Crippen molar-refractivity contribution in [2.75, 3.05) is 6.61 Å². The molecular weight excluding hydrogens is 140 g/mol. The first-order valence-electron chi connectivity index (χ1n) is 3.31. The Morgan fingerprint density at radius 2 is 2.10 bits per heavy atom. The summed E-state index contributed by atoms with van der Waals surface area (Å²) >= 11 is 0. The second-order valence-corrected chi connectivity index (χ2v) is 7.51. The molecule has 0 fully saturated rings. The number of terminal acetylenes is 1. The van der Waals surface area contributed by atoms with Crippen LogP contribution in [0.4, 0.5) is 0 Å². The molecule has 0 bridgehead atoms. The molecule has 1 nitrogen and oxygen atoms in total. The summed E-state index contributed by atoms with van der Waals surface area (Å²) in [6.45, 7) is 7.10. The van der Waals surface area contributed by atoms with Crippen LogP contribution in [0.5, 0.6) is 0 Å². The molecule has 0 aliphatic rings. The van der Waals surface area contributed by atoms with Crippen LogP contribution in [0.3, 0.4) is 0 Å². The molecule has 56 valence electrons. The van der Waals surface area contributed by atoms with Crippen LogP contribution in [-0.4, -0.2) is 14.9 Å². The van der Waals surface area contributed by atoms with E-state index in [1.165, 1.54) is 0 Å². The molecule has 0 aliphatic heterocycles. The van der Waals surface area contributed by atoms with Crippen molar-refractivity contribution in [2.45, 2.75) is 19.6 Å². The SMILES string of the molecule is C#CC=CCO[Si](C)(C)C. The third-order valence-electron chi connectivity index (χ3n) is 0.827. The number of rotatable bonds is 3. The molecule has 0 unspecified atom stereocenters.